The van der Waals surface area contributed by atoms with Gasteiger partial charge in [0.2, 0.25) is 26.0 Å². The molecule has 30 heavy (non-hydrogen) atoms. The molecule has 1 aromatic carbocycles. The molecule has 3 rings (SSSR count). The molecule has 1 aromatic rings. The topological polar surface area (TPSA) is 113 Å². The molecule has 0 bridgehead atoms. The van der Waals surface area contributed by atoms with E-state index in [1.165, 1.54) is 32.9 Å². The van der Waals surface area contributed by atoms with Crippen molar-refractivity contribution in [1.82, 2.24) is 13.9 Å². The van der Waals surface area contributed by atoms with Gasteiger partial charge in [-0.15, -0.1) is 0 Å². The number of sulfonamides is 2. The van der Waals surface area contributed by atoms with E-state index in [1.54, 1.807) is 13.8 Å². The quantitative estimate of drug-likeness (QED) is 0.610. The molecule has 168 valence electrons. The molecule has 2 saturated heterocycles. The Balaban J connectivity index is 1.73. The molecule has 0 radical (unpaired) electrons. The minimum absolute atomic E-state index is 0.00443. The second kappa shape index (κ2) is 9.31. The van der Waals surface area contributed by atoms with Gasteiger partial charge in [0.05, 0.1) is 35.0 Å². The van der Waals surface area contributed by atoms with Gasteiger partial charge in [0, 0.05) is 26.2 Å². The van der Waals surface area contributed by atoms with E-state index in [0.717, 1.165) is 0 Å². The first-order chi connectivity index (χ1) is 14.2. The summed E-state index contributed by atoms with van der Waals surface area (Å²) in [6, 6.07) is 5.29. The normalized spacial score (nSPS) is 21.4. The van der Waals surface area contributed by atoms with Crippen molar-refractivity contribution in [2.75, 3.05) is 39.4 Å². The Labute approximate surface area is 178 Å². The van der Waals surface area contributed by atoms with Crippen LogP contribution in [0.15, 0.2) is 34.1 Å². The molecule has 11 heteroatoms. The third-order valence-corrected chi connectivity index (χ3v) is 9.49. The van der Waals surface area contributed by atoms with Gasteiger partial charge in [-0.2, -0.15) is 8.61 Å². The van der Waals surface area contributed by atoms with Crippen LogP contribution in [-0.4, -0.2) is 76.8 Å². The van der Waals surface area contributed by atoms with Crippen LogP contribution in [0.25, 0.3) is 0 Å². The van der Waals surface area contributed by atoms with Gasteiger partial charge >= 0.3 is 0 Å². The molecule has 2 aliphatic heterocycles. The Morgan fingerprint density at radius 1 is 1.10 bits per heavy atom. The van der Waals surface area contributed by atoms with Crippen molar-refractivity contribution in [2.45, 2.75) is 42.5 Å². The van der Waals surface area contributed by atoms with Crippen LogP contribution in [0.3, 0.4) is 0 Å². The van der Waals surface area contributed by atoms with E-state index in [2.05, 4.69) is 5.32 Å². The van der Waals surface area contributed by atoms with Crippen molar-refractivity contribution in [2.24, 2.45) is 5.92 Å². The fraction of sp³-hybridized carbons (Fsp3) is 0.632. The van der Waals surface area contributed by atoms with Gasteiger partial charge in [-0.05, 0) is 37.1 Å². The monoisotopic (exact) mass is 459 g/mol. The van der Waals surface area contributed by atoms with Crippen LogP contribution < -0.4 is 5.32 Å². The summed E-state index contributed by atoms with van der Waals surface area (Å²) < 4.78 is 59.0. The first-order valence-corrected chi connectivity index (χ1v) is 13.1. The van der Waals surface area contributed by atoms with Crippen LogP contribution in [0.1, 0.15) is 26.7 Å². The molecule has 1 unspecified atom stereocenters. The SMILES string of the molecule is CCN(CC)S(=O)(=O)c1ccc(S(=O)(=O)N2CCCC(C(=O)NC3COC3)C2)cc1. The Morgan fingerprint density at radius 3 is 2.23 bits per heavy atom. The highest BCUT2D eigenvalue weighted by Gasteiger charge is 2.35. The number of carbonyl (C=O) groups is 1. The number of benzene rings is 1. The lowest BCUT2D eigenvalue weighted by molar-refractivity contribution is -0.130. The highest BCUT2D eigenvalue weighted by Crippen LogP contribution is 2.26. The largest absolute Gasteiger partial charge is 0.377 e. The lowest BCUT2D eigenvalue weighted by atomic mass is 9.98. The van der Waals surface area contributed by atoms with Crippen molar-refractivity contribution < 1.29 is 26.4 Å². The number of nitrogens with one attached hydrogen (secondary N) is 1. The highest BCUT2D eigenvalue weighted by molar-refractivity contribution is 7.89. The first kappa shape index (κ1) is 23.1. The van der Waals surface area contributed by atoms with Gasteiger partial charge in [0.1, 0.15) is 0 Å². The van der Waals surface area contributed by atoms with E-state index in [1.807, 2.05) is 0 Å². The fourth-order valence-corrected chi connectivity index (χ4v) is 6.64. The maximum absolute atomic E-state index is 13.1. The third kappa shape index (κ3) is 4.70. The zero-order chi connectivity index (χ0) is 21.9. The van der Waals surface area contributed by atoms with Gasteiger partial charge in [0.25, 0.3) is 0 Å². The Morgan fingerprint density at radius 2 is 1.70 bits per heavy atom. The van der Waals surface area contributed by atoms with E-state index >= 15 is 0 Å². The molecule has 2 heterocycles. The average Bonchev–Trinajstić information content (AvgIpc) is 2.71. The second-order valence-corrected chi connectivity index (χ2v) is 11.4. The summed E-state index contributed by atoms with van der Waals surface area (Å²) >= 11 is 0. The van der Waals surface area contributed by atoms with Crippen molar-refractivity contribution in [1.29, 1.82) is 0 Å². The minimum Gasteiger partial charge on any atom is -0.377 e. The summed E-state index contributed by atoms with van der Waals surface area (Å²) in [4.78, 5) is 12.5. The summed E-state index contributed by atoms with van der Waals surface area (Å²) in [5.41, 5.74) is 0. The molecule has 0 spiro atoms. The average molecular weight is 460 g/mol. The number of carbonyl (C=O) groups excluding carboxylic acids is 1. The number of hydrogen-bond acceptors (Lipinski definition) is 6. The van der Waals surface area contributed by atoms with Crippen molar-refractivity contribution in [3.63, 3.8) is 0 Å². The molecule has 0 saturated carbocycles. The van der Waals surface area contributed by atoms with E-state index in [4.69, 9.17) is 4.74 Å². The van der Waals surface area contributed by atoms with Gasteiger partial charge in [0.15, 0.2) is 0 Å². The zero-order valence-electron chi connectivity index (χ0n) is 17.3. The number of ether oxygens (including phenoxy) is 1. The number of amides is 1. The summed E-state index contributed by atoms with van der Waals surface area (Å²) in [5.74, 6) is -0.555. The molecule has 0 aliphatic carbocycles. The molecular formula is C19H29N3O6S2. The zero-order valence-corrected chi connectivity index (χ0v) is 18.9. The Hall–Kier alpha value is -1.53. The second-order valence-electron chi connectivity index (χ2n) is 7.51. The maximum Gasteiger partial charge on any atom is 0.243 e. The molecule has 1 N–H and O–H groups in total. The van der Waals surface area contributed by atoms with Gasteiger partial charge in [-0.25, -0.2) is 16.8 Å². The molecular weight excluding hydrogens is 430 g/mol. The van der Waals surface area contributed by atoms with Crippen LogP contribution >= 0.6 is 0 Å². The Kier molecular flexibility index (Phi) is 7.18. The number of hydrogen-bond donors (Lipinski definition) is 1. The molecule has 9 nitrogen and oxygen atoms in total. The fourth-order valence-electron chi connectivity index (χ4n) is 3.66. The van der Waals surface area contributed by atoms with Crippen molar-refractivity contribution in [3.05, 3.63) is 24.3 Å². The van der Waals surface area contributed by atoms with Gasteiger partial charge in [-0.1, -0.05) is 13.8 Å². The highest BCUT2D eigenvalue weighted by atomic mass is 32.2. The number of piperidine rings is 1. The van der Waals surface area contributed by atoms with Crippen LogP contribution in [0.4, 0.5) is 0 Å². The summed E-state index contributed by atoms with van der Waals surface area (Å²) in [7, 11) is -7.48. The minimum atomic E-state index is -3.82. The molecule has 2 fully saturated rings. The number of nitrogens with zero attached hydrogens (tertiary/aromatic N) is 2. The van der Waals surface area contributed by atoms with Crippen molar-refractivity contribution >= 4 is 26.0 Å². The van der Waals surface area contributed by atoms with Crippen LogP contribution in [0.2, 0.25) is 0 Å². The third-order valence-electron chi connectivity index (χ3n) is 5.54. The van der Waals surface area contributed by atoms with Crippen LogP contribution in [-0.2, 0) is 29.6 Å². The lowest BCUT2D eigenvalue weighted by Gasteiger charge is -2.33. The van der Waals surface area contributed by atoms with E-state index < -0.39 is 26.0 Å². The maximum atomic E-state index is 13.1. The lowest BCUT2D eigenvalue weighted by Crippen LogP contribution is -2.53. The summed E-state index contributed by atoms with van der Waals surface area (Å²) in [6.07, 6.45) is 1.22. The van der Waals surface area contributed by atoms with E-state index in [9.17, 15) is 21.6 Å². The first-order valence-electron chi connectivity index (χ1n) is 10.2. The Bertz CT molecular complexity index is 954. The standard InChI is InChI=1S/C19H29N3O6S2/c1-3-21(4-2)29(24,25)17-7-9-18(10-8-17)30(26,27)22-11-5-6-15(12-22)19(23)20-16-13-28-14-16/h7-10,15-16H,3-6,11-14H2,1-2H3,(H,20,23). The van der Waals surface area contributed by atoms with Crippen LogP contribution in [0.5, 0.6) is 0 Å². The van der Waals surface area contributed by atoms with E-state index in [0.29, 0.717) is 45.7 Å². The summed E-state index contributed by atoms with van der Waals surface area (Å²) in [6.45, 7) is 5.60. The summed E-state index contributed by atoms with van der Waals surface area (Å²) in [5, 5.41) is 2.89. The molecule has 1 amide bonds. The van der Waals surface area contributed by atoms with Gasteiger partial charge in [-0.3, -0.25) is 4.79 Å². The molecule has 0 aromatic heterocycles. The van der Waals surface area contributed by atoms with E-state index in [-0.39, 0.29) is 28.3 Å². The van der Waals surface area contributed by atoms with Crippen molar-refractivity contribution in [3.8, 4) is 0 Å². The predicted octanol–water partition coefficient (Wildman–Crippen LogP) is 0.633. The molecule has 1 atom stereocenters. The van der Waals surface area contributed by atoms with Crippen LogP contribution in [0, 0.1) is 5.92 Å². The van der Waals surface area contributed by atoms with Gasteiger partial charge < -0.3 is 10.1 Å². The number of rotatable bonds is 8. The smallest absolute Gasteiger partial charge is 0.243 e. The molecule has 2 aliphatic rings. The predicted molar refractivity (Wildman–Crippen MR) is 111 cm³/mol.